The maximum absolute atomic E-state index is 2.65. The molecule has 3 heteroatoms. The molecular weight excluding hydrogens is 729 g/mol. The van der Waals surface area contributed by atoms with Crippen LogP contribution in [0.25, 0.3) is 34.4 Å². The fourth-order valence-corrected chi connectivity index (χ4v) is 18.7. The van der Waals surface area contributed by atoms with Gasteiger partial charge >= 0.3 is 0 Å². The summed E-state index contributed by atoms with van der Waals surface area (Å²) in [5.41, 5.74) is 18.8. The van der Waals surface area contributed by atoms with Gasteiger partial charge in [0.05, 0.1) is 14.1 Å². The fourth-order valence-electron chi connectivity index (χ4n) is 12.6. The molecule has 0 bridgehead atoms. The Balaban J connectivity index is 0.793. The third-order valence-corrected chi connectivity index (χ3v) is 21.1. The molecule has 0 N–H and O–H groups in total. The van der Waals surface area contributed by atoms with Crippen molar-refractivity contribution in [3.05, 3.63) is 186 Å². The van der Waals surface area contributed by atoms with Crippen molar-refractivity contribution >= 4 is 48.2 Å². The van der Waals surface area contributed by atoms with E-state index < -0.39 is 8.07 Å². The molecule has 290 valence electrons. The van der Waals surface area contributed by atoms with Crippen molar-refractivity contribution in [1.29, 1.82) is 0 Å². The average Bonchev–Trinajstić information content (AvgIpc) is 4.06. The molecule has 1 saturated heterocycles. The molecule has 2 fully saturated rings. The predicted octanol–water partition coefficient (Wildman–Crippen LogP) is 13.9. The molecule has 2 atom stereocenters. The van der Waals surface area contributed by atoms with Crippen LogP contribution in [0.5, 0.6) is 0 Å². The second-order valence-electron chi connectivity index (χ2n) is 18.2. The van der Waals surface area contributed by atoms with Crippen molar-refractivity contribution in [1.82, 2.24) is 0 Å². The predicted molar refractivity (Wildman–Crippen MR) is 252 cm³/mol. The van der Waals surface area contributed by atoms with Crippen molar-refractivity contribution in [3.63, 3.8) is 0 Å². The van der Waals surface area contributed by atoms with Crippen molar-refractivity contribution in [2.75, 3.05) is 16.3 Å². The van der Waals surface area contributed by atoms with Gasteiger partial charge < -0.3 is 9.80 Å². The lowest BCUT2D eigenvalue weighted by Crippen LogP contribution is -2.61. The van der Waals surface area contributed by atoms with Crippen LogP contribution in [-0.4, -0.2) is 20.7 Å². The Bertz CT molecular complexity index is 2670. The zero-order chi connectivity index (χ0) is 39.0. The number of allylic oxidation sites excluding steroid dienone is 2. The first-order valence-electron chi connectivity index (χ1n) is 22.5. The molecular formula is C56H52N2Si. The highest BCUT2D eigenvalue weighted by atomic mass is 28.3. The molecule has 0 amide bonds. The van der Waals surface area contributed by atoms with E-state index in [-0.39, 0.29) is 5.41 Å². The van der Waals surface area contributed by atoms with Gasteiger partial charge in [-0.3, -0.25) is 0 Å². The molecule has 3 aliphatic heterocycles. The molecule has 3 heterocycles. The highest BCUT2D eigenvalue weighted by molar-refractivity contribution is 6.95. The fraction of sp³-hybridized carbons (Fsp3) is 0.250. The Morgan fingerprint density at radius 3 is 2.02 bits per heavy atom. The Morgan fingerprint density at radius 1 is 0.559 bits per heavy atom. The van der Waals surface area contributed by atoms with Crippen molar-refractivity contribution < 1.29 is 0 Å². The van der Waals surface area contributed by atoms with Gasteiger partial charge in [-0.25, -0.2) is 0 Å². The Labute approximate surface area is 351 Å². The van der Waals surface area contributed by atoms with Gasteiger partial charge in [-0.2, -0.15) is 0 Å². The Morgan fingerprint density at radius 2 is 1.20 bits per heavy atom. The van der Waals surface area contributed by atoms with E-state index >= 15 is 0 Å². The molecule has 6 aromatic carbocycles. The number of benzene rings is 6. The van der Waals surface area contributed by atoms with Crippen LogP contribution in [0.1, 0.15) is 72.8 Å². The maximum atomic E-state index is 2.65. The second-order valence-corrected chi connectivity index (χ2v) is 22.8. The summed E-state index contributed by atoms with van der Waals surface area (Å²) in [5.74, 6) is 0. The third-order valence-electron chi connectivity index (χ3n) is 15.3. The topological polar surface area (TPSA) is 6.48 Å². The van der Waals surface area contributed by atoms with E-state index in [1.54, 1.807) is 16.3 Å². The number of rotatable bonds is 5. The molecule has 1 saturated carbocycles. The first-order chi connectivity index (χ1) is 29.2. The highest BCUT2D eigenvalue weighted by Crippen LogP contribution is 2.58. The number of fused-ring (bicyclic) bond motifs is 10. The minimum atomic E-state index is -1.60. The van der Waals surface area contributed by atoms with E-state index in [1.165, 1.54) is 125 Å². The van der Waals surface area contributed by atoms with Crippen LogP contribution in [0.15, 0.2) is 158 Å². The summed E-state index contributed by atoms with van der Waals surface area (Å²) in [4.78, 5) is 5.22. The minimum absolute atomic E-state index is 0.125. The Kier molecular flexibility index (Phi) is 8.37. The highest BCUT2D eigenvalue weighted by Gasteiger charge is 2.53. The lowest BCUT2D eigenvalue weighted by Gasteiger charge is -2.51. The van der Waals surface area contributed by atoms with Gasteiger partial charge in [0.25, 0.3) is 0 Å². The first-order valence-corrected chi connectivity index (χ1v) is 25.0. The number of para-hydroxylation sites is 2. The number of anilines is 4. The normalized spacial score (nSPS) is 21.5. The van der Waals surface area contributed by atoms with Gasteiger partial charge in [-0.15, -0.1) is 0 Å². The summed E-state index contributed by atoms with van der Waals surface area (Å²) in [6, 6.07) is 54.8. The lowest BCUT2D eigenvalue weighted by molar-refractivity contribution is 0.549. The van der Waals surface area contributed by atoms with Gasteiger partial charge in [0.15, 0.2) is 0 Å². The maximum Gasteiger partial charge on any atom is 0.0986 e. The van der Waals surface area contributed by atoms with Gasteiger partial charge in [-0.1, -0.05) is 171 Å². The van der Waals surface area contributed by atoms with Crippen LogP contribution in [0.4, 0.5) is 22.7 Å². The summed E-state index contributed by atoms with van der Waals surface area (Å²) >= 11 is 0. The lowest BCUT2D eigenvalue weighted by atomic mass is 9.76. The smallest absolute Gasteiger partial charge is 0.0986 e. The average molecular weight is 781 g/mol. The molecule has 2 nitrogen and oxygen atoms in total. The zero-order valence-corrected chi connectivity index (χ0v) is 35.0. The molecule has 6 aliphatic rings. The largest absolute Gasteiger partial charge is 0.341 e. The third kappa shape index (κ3) is 5.57. The molecule has 2 spiro atoms. The van der Waals surface area contributed by atoms with Gasteiger partial charge in [0.2, 0.25) is 0 Å². The van der Waals surface area contributed by atoms with Gasteiger partial charge in [-0.05, 0) is 117 Å². The van der Waals surface area contributed by atoms with Crippen LogP contribution in [0.3, 0.4) is 0 Å². The summed E-state index contributed by atoms with van der Waals surface area (Å²) < 4.78 is 0. The van der Waals surface area contributed by atoms with E-state index in [9.17, 15) is 0 Å². The van der Waals surface area contributed by atoms with Crippen LogP contribution in [-0.2, 0) is 11.8 Å². The molecule has 6 aromatic rings. The molecule has 3 aliphatic carbocycles. The SMILES string of the molecule is C1=CC2C(C=C1)[Si]1(CCCC1)c1ccccc1N2c1ccc(-c2ccc(/C=C/c3ccc4c(c3)C3(CCCC3)c3cc(N5CCCc6ccccc65)ccc3-4)cc2)cc1. The van der Waals surface area contributed by atoms with Crippen LogP contribution in [0.2, 0.25) is 17.6 Å². The molecule has 2 unspecified atom stereocenters. The quantitative estimate of drug-likeness (QED) is 0.127. The monoisotopic (exact) mass is 780 g/mol. The number of hydrogen-bond acceptors (Lipinski definition) is 2. The number of nitrogens with zero attached hydrogens (tertiary/aromatic N) is 2. The van der Waals surface area contributed by atoms with Crippen molar-refractivity contribution in [2.45, 2.75) is 80.5 Å². The molecule has 0 radical (unpaired) electrons. The first kappa shape index (κ1) is 35.3. The van der Waals surface area contributed by atoms with Crippen LogP contribution >= 0.6 is 0 Å². The number of hydrogen-bond donors (Lipinski definition) is 0. The van der Waals surface area contributed by atoms with Gasteiger partial charge in [0.1, 0.15) is 0 Å². The van der Waals surface area contributed by atoms with Crippen molar-refractivity contribution in [2.24, 2.45) is 0 Å². The molecule has 12 rings (SSSR count). The van der Waals surface area contributed by atoms with Crippen LogP contribution < -0.4 is 15.0 Å². The Hall–Kier alpha value is -5.64. The number of aryl methyl sites for hydroxylation is 1. The molecule has 0 aromatic heterocycles. The van der Waals surface area contributed by atoms with Crippen molar-refractivity contribution in [3.8, 4) is 22.3 Å². The van der Waals surface area contributed by atoms with E-state index in [1.807, 2.05) is 0 Å². The minimum Gasteiger partial charge on any atom is -0.341 e. The summed E-state index contributed by atoms with van der Waals surface area (Å²) in [7, 11) is -1.60. The van der Waals surface area contributed by atoms with Gasteiger partial charge in [0, 0.05) is 40.3 Å². The van der Waals surface area contributed by atoms with E-state index in [0.29, 0.717) is 11.6 Å². The van der Waals surface area contributed by atoms with E-state index in [2.05, 4.69) is 180 Å². The van der Waals surface area contributed by atoms with E-state index in [0.717, 1.165) is 6.54 Å². The summed E-state index contributed by atoms with van der Waals surface area (Å²) in [6.45, 7) is 1.09. The second kappa shape index (κ2) is 14.0. The van der Waals surface area contributed by atoms with Crippen LogP contribution in [0, 0.1) is 0 Å². The summed E-state index contributed by atoms with van der Waals surface area (Å²) in [5, 5.41) is 1.68. The summed E-state index contributed by atoms with van der Waals surface area (Å²) in [6.07, 6.45) is 24.5. The standard InChI is InChI=1S/C56H52N2Si/c1-2-14-51-44(12-1)13-11-35-57(51)46-30-32-48-47-31-23-41(38-49(47)56(50(48)39-46)33-7-8-34-56)20-19-40-21-24-42(25-22-40)43-26-28-45(29-27-43)58-52-15-3-5-17-54(52)59(36-9-10-37-59)55-18-6-4-16-53(55)58/h1-6,12,14-32,38-39,52,54H,7-11,13,33-37H2/b20-19+. The zero-order valence-electron chi connectivity index (χ0n) is 34.0. The molecule has 59 heavy (non-hydrogen) atoms. The van der Waals surface area contributed by atoms with E-state index in [4.69, 9.17) is 0 Å².